The van der Waals surface area contributed by atoms with Crippen LogP contribution in [0, 0.1) is 0 Å². The topological polar surface area (TPSA) is 60.4 Å². The van der Waals surface area contributed by atoms with Crippen molar-refractivity contribution in [1.29, 1.82) is 0 Å². The van der Waals surface area contributed by atoms with E-state index in [0.717, 1.165) is 29.2 Å². The molecular weight excluding hydrogens is 396 g/mol. The van der Waals surface area contributed by atoms with Gasteiger partial charge in [0.05, 0.1) is 10.8 Å². The summed E-state index contributed by atoms with van der Waals surface area (Å²) in [5.74, 6) is -0.802. The van der Waals surface area contributed by atoms with Crippen LogP contribution in [0.2, 0.25) is 0 Å². The van der Waals surface area contributed by atoms with Crippen molar-refractivity contribution in [2.24, 2.45) is 0 Å². The lowest BCUT2D eigenvalue weighted by Gasteiger charge is -2.31. The van der Waals surface area contributed by atoms with Crippen molar-refractivity contribution in [3.63, 3.8) is 0 Å². The fraction of sp³-hybridized carbons (Fsp3) is 0.320. The Morgan fingerprint density at radius 1 is 0.900 bits per heavy atom. The molecule has 0 bridgehead atoms. The Balaban J connectivity index is 1.58. The summed E-state index contributed by atoms with van der Waals surface area (Å²) in [6.07, 6.45) is 2.15. The fourth-order valence-electron chi connectivity index (χ4n) is 4.20. The lowest BCUT2D eigenvalue weighted by Crippen LogP contribution is -2.40. The minimum atomic E-state index is -3.62. The van der Waals surface area contributed by atoms with Crippen LogP contribution in [0.5, 0.6) is 0 Å². The number of carbonyl (C=O) groups excluding carboxylic acids is 1. The molecule has 156 valence electrons. The van der Waals surface area contributed by atoms with Gasteiger partial charge < -0.3 is 4.74 Å². The summed E-state index contributed by atoms with van der Waals surface area (Å²) < 4.78 is 32.7. The molecule has 3 atom stereocenters. The standard InChI is InChI=1S/C25H26O4S/c1-18(19-9-3-2-4-10-19)25(26)29-23-13-7-8-14-24(23)30(27,28)22-16-15-20-11-5-6-12-21(20)17-22/h2-6,9-12,15-18,23-24H,7-8,13-14H2,1H3/t18-,23+,24+/m1/s1. The highest BCUT2D eigenvalue weighted by atomic mass is 32.2. The van der Waals surface area contributed by atoms with E-state index in [-0.39, 0.29) is 5.97 Å². The van der Waals surface area contributed by atoms with E-state index in [4.69, 9.17) is 4.74 Å². The second-order valence-electron chi connectivity index (χ2n) is 7.98. The van der Waals surface area contributed by atoms with Crippen LogP contribution >= 0.6 is 0 Å². The molecule has 0 spiro atoms. The summed E-state index contributed by atoms with van der Waals surface area (Å²) in [7, 11) is -3.62. The minimum absolute atomic E-state index is 0.297. The average molecular weight is 423 g/mol. The van der Waals surface area contributed by atoms with Crippen molar-refractivity contribution in [2.75, 3.05) is 0 Å². The van der Waals surface area contributed by atoms with E-state index in [1.54, 1.807) is 19.1 Å². The average Bonchev–Trinajstić information content (AvgIpc) is 2.79. The van der Waals surface area contributed by atoms with Crippen molar-refractivity contribution in [2.45, 2.75) is 54.8 Å². The van der Waals surface area contributed by atoms with Crippen LogP contribution < -0.4 is 0 Å². The maximum atomic E-state index is 13.5. The molecule has 1 aliphatic carbocycles. The van der Waals surface area contributed by atoms with E-state index in [9.17, 15) is 13.2 Å². The third kappa shape index (κ3) is 4.12. The van der Waals surface area contributed by atoms with Gasteiger partial charge in [-0.1, -0.05) is 67.1 Å². The molecule has 1 fully saturated rings. The van der Waals surface area contributed by atoms with E-state index in [0.29, 0.717) is 17.7 Å². The molecule has 1 saturated carbocycles. The summed E-state index contributed by atoms with van der Waals surface area (Å²) in [5.41, 5.74) is 0.868. The van der Waals surface area contributed by atoms with Gasteiger partial charge >= 0.3 is 5.97 Å². The van der Waals surface area contributed by atoms with Crippen molar-refractivity contribution >= 4 is 26.6 Å². The molecule has 3 aromatic carbocycles. The number of hydrogen-bond acceptors (Lipinski definition) is 4. The summed E-state index contributed by atoms with van der Waals surface area (Å²) in [5, 5.41) is 1.18. The molecular formula is C25H26O4S. The number of sulfone groups is 1. The fourth-order valence-corrected chi connectivity index (χ4v) is 6.17. The van der Waals surface area contributed by atoms with Gasteiger partial charge in [-0.3, -0.25) is 4.79 Å². The summed E-state index contributed by atoms with van der Waals surface area (Å²) >= 11 is 0. The summed E-state index contributed by atoms with van der Waals surface area (Å²) in [6, 6.07) is 22.4. The van der Waals surface area contributed by atoms with Crippen LogP contribution in [0.15, 0.2) is 77.7 Å². The van der Waals surface area contributed by atoms with Gasteiger partial charge in [0.2, 0.25) is 0 Å². The number of fused-ring (bicyclic) bond motifs is 1. The van der Waals surface area contributed by atoms with Crippen LogP contribution in [0.3, 0.4) is 0 Å². The predicted molar refractivity (Wildman–Crippen MR) is 118 cm³/mol. The van der Waals surface area contributed by atoms with Gasteiger partial charge in [0, 0.05) is 0 Å². The number of benzene rings is 3. The highest BCUT2D eigenvalue weighted by molar-refractivity contribution is 7.92. The molecule has 0 radical (unpaired) electrons. The Morgan fingerprint density at radius 3 is 2.33 bits per heavy atom. The number of esters is 1. The van der Waals surface area contributed by atoms with Crippen LogP contribution in [0.1, 0.15) is 44.1 Å². The molecule has 0 unspecified atom stereocenters. The van der Waals surface area contributed by atoms with Crippen molar-refractivity contribution < 1.29 is 17.9 Å². The van der Waals surface area contributed by atoms with Gasteiger partial charge in [0.15, 0.2) is 9.84 Å². The molecule has 0 saturated heterocycles. The normalized spacial score (nSPS) is 20.6. The van der Waals surface area contributed by atoms with Gasteiger partial charge in [-0.2, -0.15) is 0 Å². The molecule has 4 rings (SSSR count). The summed E-state index contributed by atoms with van der Waals surface area (Å²) in [6.45, 7) is 1.80. The Hall–Kier alpha value is -2.66. The van der Waals surface area contributed by atoms with Crippen LogP contribution in [-0.4, -0.2) is 25.7 Å². The van der Waals surface area contributed by atoms with Gasteiger partial charge in [-0.05, 0) is 54.7 Å². The molecule has 0 heterocycles. The predicted octanol–water partition coefficient (Wildman–Crippen LogP) is 5.27. The zero-order valence-electron chi connectivity index (χ0n) is 17.0. The summed E-state index contributed by atoms with van der Waals surface area (Å²) in [4.78, 5) is 13.1. The first-order chi connectivity index (χ1) is 14.5. The van der Waals surface area contributed by atoms with Gasteiger partial charge in [-0.15, -0.1) is 0 Å². The first-order valence-corrected chi connectivity index (χ1v) is 12.0. The molecule has 4 nitrogen and oxygen atoms in total. The number of ether oxygens (including phenoxy) is 1. The first-order valence-electron chi connectivity index (χ1n) is 10.4. The zero-order chi connectivity index (χ0) is 21.1. The monoisotopic (exact) mass is 422 g/mol. The number of carbonyl (C=O) groups is 1. The van der Waals surface area contributed by atoms with E-state index >= 15 is 0 Å². The Bertz CT molecular complexity index is 1140. The van der Waals surface area contributed by atoms with Gasteiger partial charge in [-0.25, -0.2) is 8.42 Å². The molecule has 0 N–H and O–H groups in total. The molecule has 0 amide bonds. The van der Waals surface area contributed by atoms with Crippen molar-refractivity contribution in [3.05, 3.63) is 78.4 Å². The number of hydrogen-bond donors (Lipinski definition) is 0. The van der Waals surface area contributed by atoms with E-state index in [1.165, 1.54) is 0 Å². The third-order valence-corrected chi connectivity index (χ3v) is 8.26. The molecule has 30 heavy (non-hydrogen) atoms. The highest BCUT2D eigenvalue weighted by Crippen LogP contribution is 2.33. The Morgan fingerprint density at radius 2 is 1.57 bits per heavy atom. The van der Waals surface area contributed by atoms with Crippen LogP contribution in [-0.2, 0) is 19.4 Å². The zero-order valence-corrected chi connectivity index (χ0v) is 17.8. The van der Waals surface area contributed by atoms with Crippen LogP contribution in [0.25, 0.3) is 10.8 Å². The van der Waals surface area contributed by atoms with E-state index in [1.807, 2.05) is 60.7 Å². The van der Waals surface area contributed by atoms with E-state index < -0.39 is 27.1 Å². The second-order valence-corrected chi connectivity index (χ2v) is 10.2. The minimum Gasteiger partial charge on any atom is -0.461 e. The van der Waals surface area contributed by atoms with Gasteiger partial charge in [0.1, 0.15) is 11.4 Å². The quantitative estimate of drug-likeness (QED) is 0.526. The molecule has 0 aromatic heterocycles. The smallest absolute Gasteiger partial charge is 0.313 e. The second kappa shape index (κ2) is 8.60. The Kier molecular flexibility index (Phi) is 5.91. The highest BCUT2D eigenvalue weighted by Gasteiger charge is 2.39. The van der Waals surface area contributed by atoms with Crippen molar-refractivity contribution in [3.8, 4) is 0 Å². The number of rotatable bonds is 5. The van der Waals surface area contributed by atoms with E-state index in [2.05, 4.69) is 0 Å². The molecule has 3 aromatic rings. The van der Waals surface area contributed by atoms with Crippen LogP contribution in [0.4, 0.5) is 0 Å². The maximum Gasteiger partial charge on any atom is 0.313 e. The molecule has 1 aliphatic rings. The lowest BCUT2D eigenvalue weighted by atomic mass is 9.96. The van der Waals surface area contributed by atoms with Crippen molar-refractivity contribution in [1.82, 2.24) is 0 Å². The largest absolute Gasteiger partial charge is 0.461 e. The third-order valence-electron chi connectivity index (χ3n) is 6.01. The first kappa shape index (κ1) is 20.6. The molecule has 5 heteroatoms. The Labute approximate surface area is 177 Å². The molecule has 0 aliphatic heterocycles. The maximum absolute atomic E-state index is 13.5. The lowest BCUT2D eigenvalue weighted by molar-refractivity contribution is -0.151. The van der Waals surface area contributed by atoms with Gasteiger partial charge in [0.25, 0.3) is 0 Å². The SMILES string of the molecule is C[C@@H](C(=O)O[C@H]1CCCC[C@@H]1S(=O)(=O)c1ccc2ccccc2c1)c1ccccc1.